The first kappa shape index (κ1) is 32.1. The highest BCUT2D eigenvalue weighted by molar-refractivity contribution is 6.31. The van der Waals surface area contributed by atoms with Crippen LogP contribution in [-0.4, -0.2) is 86.6 Å². The average Bonchev–Trinajstić information content (AvgIpc) is 3.71. The maximum Gasteiger partial charge on any atom is 0.404 e. The van der Waals surface area contributed by atoms with Crippen molar-refractivity contribution in [2.75, 3.05) is 46.2 Å². The molecule has 2 aromatic rings. The van der Waals surface area contributed by atoms with Gasteiger partial charge in [0.25, 0.3) is 0 Å². The Labute approximate surface area is 251 Å². The molecule has 1 aliphatic heterocycles. The van der Waals surface area contributed by atoms with Gasteiger partial charge in [-0.05, 0) is 101 Å². The van der Waals surface area contributed by atoms with Crippen LogP contribution in [-0.2, 0) is 4.79 Å². The fourth-order valence-corrected chi connectivity index (χ4v) is 5.83. The van der Waals surface area contributed by atoms with E-state index in [2.05, 4.69) is 9.88 Å². The van der Waals surface area contributed by atoms with Crippen LogP contribution < -0.4 is 9.64 Å². The summed E-state index contributed by atoms with van der Waals surface area (Å²) < 4.78 is 48.0. The van der Waals surface area contributed by atoms with E-state index in [-0.39, 0.29) is 22.9 Å². The van der Waals surface area contributed by atoms with Gasteiger partial charge in [0.05, 0.1) is 11.7 Å². The van der Waals surface area contributed by atoms with Crippen LogP contribution in [0.25, 0.3) is 0 Å². The number of piperidine rings is 1. The Bertz CT molecular complexity index is 1220. The molecule has 0 spiro atoms. The van der Waals surface area contributed by atoms with Crippen LogP contribution in [0, 0.1) is 11.8 Å². The standard InChI is InChI=1S/C28H31ClF3N3O3.C3H9N/c1-34(27(37)25(28(30,31)32)18-3-2-4-23(15-18)38-22-6-7-22)21-13-20(14-21)17-9-11-35(12-10-17)24-8-5-19(16-36)26(29)33-24;1-4(2)3/h2-5,8,15-17,20-22,25H,6-7,9-14H2,1H3;1-3H3. The molecule has 42 heavy (non-hydrogen) atoms. The summed E-state index contributed by atoms with van der Waals surface area (Å²) in [6.07, 6.45) is 1.13. The number of alkyl halides is 3. The van der Waals surface area contributed by atoms with Gasteiger partial charge in [-0.15, -0.1) is 0 Å². The van der Waals surface area contributed by atoms with Gasteiger partial charge < -0.3 is 19.4 Å². The quantitative estimate of drug-likeness (QED) is 0.268. The molecule has 1 amide bonds. The summed E-state index contributed by atoms with van der Waals surface area (Å²) in [5.41, 5.74) is 0.280. The molecular weight excluding hydrogens is 569 g/mol. The summed E-state index contributed by atoms with van der Waals surface area (Å²) in [5.74, 6) is -1.18. The number of carbonyl (C=O) groups is 2. The number of benzene rings is 1. The maximum atomic E-state index is 14.1. The van der Waals surface area contributed by atoms with E-state index in [9.17, 15) is 22.8 Å². The van der Waals surface area contributed by atoms with Crippen molar-refractivity contribution in [2.45, 2.75) is 62.8 Å². The highest BCUT2D eigenvalue weighted by Gasteiger charge is 2.50. The van der Waals surface area contributed by atoms with Crippen molar-refractivity contribution in [3.63, 3.8) is 0 Å². The zero-order valence-electron chi connectivity index (χ0n) is 24.6. The second-order valence-corrected chi connectivity index (χ2v) is 12.4. The van der Waals surface area contributed by atoms with Crippen molar-refractivity contribution < 1.29 is 27.5 Å². The summed E-state index contributed by atoms with van der Waals surface area (Å²) in [5, 5.41) is 0.188. The number of aromatic nitrogens is 1. The molecule has 3 fully saturated rings. The first-order valence-corrected chi connectivity index (χ1v) is 14.8. The molecule has 7 nitrogen and oxygen atoms in total. The third-order valence-corrected chi connectivity index (χ3v) is 8.46. The van der Waals surface area contributed by atoms with E-state index >= 15 is 0 Å². The monoisotopic (exact) mass is 608 g/mol. The molecule has 1 aromatic heterocycles. The van der Waals surface area contributed by atoms with Crippen LogP contribution in [0.2, 0.25) is 5.15 Å². The Morgan fingerprint density at radius 1 is 1.05 bits per heavy atom. The van der Waals surface area contributed by atoms with Crippen LogP contribution in [0.5, 0.6) is 5.75 Å². The molecule has 1 saturated heterocycles. The molecule has 1 atom stereocenters. The summed E-state index contributed by atoms with van der Waals surface area (Å²) in [6, 6.07) is 9.13. The lowest BCUT2D eigenvalue weighted by Crippen LogP contribution is -2.51. The van der Waals surface area contributed by atoms with Gasteiger partial charge in [-0.25, -0.2) is 4.98 Å². The number of rotatable bonds is 8. The lowest BCUT2D eigenvalue weighted by Gasteiger charge is -2.47. The zero-order chi connectivity index (χ0) is 30.6. The lowest BCUT2D eigenvalue weighted by molar-refractivity contribution is -0.174. The Hall–Kier alpha value is -2.85. The number of carbonyl (C=O) groups excluding carboxylic acids is 2. The number of nitrogens with zero attached hydrogens (tertiary/aromatic N) is 4. The maximum absolute atomic E-state index is 14.1. The first-order chi connectivity index (χ1) is 19.9. The number of ether oxygens (including phenoxy) is 1. The van der Waals surface area contributed by atoms with E-state index in [0.717, 1.165) is 44.6 Å². The molecule has 2 saturated carbocycles. The van der Waals surface area contributed by atoms with Crippen LogP contribution in [0.3, 0.4) is 0 Å². The normalized spacial score (nSPS) is 21.6. The Kier molecular flexibility index (Phi) is 10.4. The minimum atomic E-state index is -4.69. The van der Waals surface area contributed by atoms with E-state index in [1.165, 1.54) is 30.1 Å². The minimum Gasteiger partial charge on any atom is -0.490 e. The number of aldehydes is 1. The highest BCUT2D eigenvalue weighted by atomic mass is 35.5. The first-order valence-electron chi connectivity index (χ1n) is 14.4. The van der Waals surface area contributed by atoms with Gasteiger partial charge >= 0.3 is 6.18 Å². The second-order valence-electron chi connectivity index (χ2n) is 12.0. The molecular formula is C31H40ClF3N4O3. The SMILES string of the molecule is CN(C(=O)C(c1cccc(OC2CC2)c1)C(F)(F)F)C1CC(C2CCN(c3ccc(C=O)c(Cl)n3)CC2)C1.CN(C)C. The third-order valence-electron chi connectivity index (χ3n) is 8.16. The van der Waals surface area contributed by atoms with E-state index in [1.807, 2.05) is 26.0 Å². The van der Waals surface area contributed by atoms with Gasteiger partial charge in [0.15, 0.2) is 12.2 Å². The Morgan fingerprint density at radius 2 is 1.69 bits per heavy atom. The summed E-state index contributed by atoms with van der Waals surface area (Å²) in [4.78, 5) is 33.9. The fourth-order valence-electron chi connectivity index (χ4n) is 5.63. The largest absolute Gasteiger partial charge is 0.490 e. The summed E-state index contributed by atoms with van der Waals surface area (Å²) >= 11 is 6.07. The van der Waals surface area contributed by atoms with Crippen molar-refractivity contribution in [1.82, 2.24) is 14.8 Å². The number of pyridine rings is 1. The van der Waals surface area contributed by atoms with Crippen LogP contribution >= 0.6 is 11.6 Å². The van der Waals surface area contributed by atoms with E-state index < -0.39 is 18.0 Å². The van der Waals surface area contributed by atoms with Crippen molar-refractivity contribution >= 4 is 29.6 Å². The van der Waals surface area contributed by atoms with Crippen molar-refractivity contribution in [3.8, 4) is 5.75 Å². The summed E-state index contributed by atoms with van der Waals surface area (Å²) in [7, 11) is 7.49. The van der Waals surface area contributed by atoms with E-state index in [4.69, 9.17) is 16.3 Å². The van der Waals surface area contributed by atoms with Gasteiger partial charge in [-0.1, -0.05) is 23.7 Å². The lowest BCUT2D eigenvalue weighted by atomic mass is 9.68. The average molecular weight is 609 g/mol. The Morgan fingerprint density at radius 3 is 2.24 bits per heavy atom. The third kappa shape index (κ3) is 8.16. The van der Waals surface area contributed by atoms with Gasteiger partial charge in [0.1, 0.15) is 16.7 Å². The molecule has 2 aliphatic carbocycles. The van der Waals surface area contributed by atoms with Gasteiger partial charge in [-0.3, -0.25) is 9.59 Å². The van der Waals surface area contributed by atoms with Crippen LogP contribution in [0.15, 0.2) is 36.4 Å². The van der Waals surface area contributed by atoms with Crippen LogP contribution in [0.4, 0.5) is 19.0 Å². The number of hydrogen-bond donors (Lipinski definition) is 0. The van der Waals surface area contributed by atoms with Crippen LogP contribution in [0.1, 0.15) is 60.4 Å². The van der Waals surface area contributed by atoms with Crippen molar-refractivity contribution in [2.24, 2.45) is 11.8 Å². The smallest absolute Gasteiger partial charge is 0.404 e. The molecule has 0 bridgehead atoms. The predicted molar refractivity (Wildman–Crippen MR) is 157 cm³/mol. The van der Waals surface area contributed by atoms with Gasteiger partial charge in [0, 0.05) is 26.2 Å². The summed E-state index contributed by atoms with van der Waals surface area (Å²) in [6.45, 7) is 1.58. The Balaban J connectivity index is 0.000000952. The molecule has 1 unspecified atom stereocenters. The zero-order valence-corrected chi connectivity index (χ0v) is 25.4. The molecule has 5 rings (SSSR count). The molecule has 230 valence electrons. The molecule has 11 heteroatoms. The van der Waals surface area contributed by atoms with Crippen molar-refractivity contribution in [1.29, 1.82) is 0 Å². The number of hydrogen-bond acceptors (Lipinski definition) is 6. The highest BCUT2D eigenvalue weighted by Crippen LogP contribution is 2.44. The number of likely N-dealkylation sites (N-methyl/N-ethyl adjacent to an activating group) is 1. The predicted octanol–water partition coefficient (Wildman–Crippen LogP) is 6.07. The number of halogens is 4. The van der Waals surface area contributed by atoms with Crippen molar-refractivity contribution in [3.05, 3.63) is 52.7 Å². The second kappa shape index (κ2) is 13.6. The molecule has 2 heterocycles. The van der Waals surface area contributed by atoms with Gasteiger partial charge in [0.2, 0.25) is 5.91 Å². The minimum absolute atomic E-state index is 0.0591. The number of amides is 1. The molecule has 1 aromatic carbocycles. The molecule has 3 aliphatic rings. The molecule has 0 radical (unpaired) electrons. The number of anilines is 1. The van der Waals surface area contributed by atoms with Gasteiger partial charge in [-0.2, -0.15) is 13.2 Å². The topological polar surface area (TPSA) is 66.0 Å². The van der Waals surface area contributed by atoms with E-state index in [0.29, 0.717) is 42.3 Å². The van der Waals surface area contributed by atoms with E-state index in [1.54, 1.807) is 18.2 Å². The fraction of sp³-hybridized carbons (Fsp3) is 0.581. The molecule has 0 N–H and O–H groups in total.